The summed E-state index contributed by atoms with van der Waals surface area (Å²) in [6.45, 7) is 9.94. The molecule has 0 radical (unpaired) electrons. The van der Waals surface area contributed by atoms with Gasteiger partial charge in [-0.25, -0.2) is 13.9 Å². The Morgan fingerprint density at radius 3 is 2.50 bits per heavy atom. The van der Waals surface area contributed by atoms with Gasteiger partial charge in [-0.1, -0.05) is 16.1 Å². The molecule has 9 nitrogen and oxygen atoms in total. The van der Waals surface area contributed by atoms with Crippen molar-refractivity contribution < 1.29 is 23.2 Å². The van der Waals surface area contributed by atoms with Gasteiger partial charge < -0.3 is 4.74 Å². The first-order valence-corrected chi connectivity index (χ1v) is 11.2. The van der Waals surface area contributed by atoms with Crippen LogP contribution in [0.5, 0.6) is 0 Å². The smallest absolute Gasteiger partial charge is 0.411 e. The molecule has 0 spiro atoms. The van der Waals surface area contributed by atoms with E-state index >= 15 is 4.48 Å². The molecule has 0 saturated carbocycles. The Morgan fingerprint density at radius 1 is 1.21 bits per heavy atom. The Hall–Kier alpha value is -2.82. The number of nitrogens with zero attached hydrogens (tertiary/aromatic N) is 6. The van der Waals surface area contributed by atoms with Gasteiger partial charge in [-0.3, -0.25) is 9.69 Å². The lowest BCUT2D eigenvalue weighted by Gasteiger charge is -2.28. The summed E-state index contributed by atoms with van der Waals surface area (Å²) in [5.74, 6) is -0.604. The van der Waals surface area contributed by atoms with E-state index in [1.165, 1.54) is 6.07 Å². The zero-order valence-electron chi connectivity index (χ0n) is 20.0. The summed E-state index contributed by atoms with van der Waals surface area (Å²) in [5.41, 5.74) is -0.336. The normalized spacial score (nSPS) is 18.8. The molecule has 2 amide bonds. The molecule has 1 aromatic carbocycles. The third-order valence-electron chi connectivity index (χ3n) is 5.04. The van der Waals surface area contributed by atoms with Crippen molar-refractivity contribution in [3.8, 4) is 11.4 Å². The van der Waals surface area contributed by atoms with Crippen LogP contribution in [0.25, 0.3) is 11.4 Å². The first-order chi connectivity index (χ1) is 15.7. The number of aromatic nitrogens is 4. The SMILES string of the molecule is CC(C)(C)OC(=O)N1C[C@H](F)C[C@H]1C(=O)N(F)Cc1cc(Cl)cc(-c2nnnn2C(C)(C)C)c1. The fraction of sp³-hybridized carbons (Fsp3) is 0.591. The molecule has 2 heterocycles. The van der Waals surface area contributed by atoms with Crippen molar-refractivity contribution in [2.45, 2.75) is 77.9 Å². The molecule has 2 aromatic rings. The molecule has 1 aromatic heterocycles. The Bertz CT molecular complexity index is 1070. The lowest BCUT2D eigenvalue weighted by atomic mass is 10.1. The number of hydrogen-bond acceptors (Lipinski definition) is 6. The number of tetrazole rings is 1. The molecule has 0 unspecified atom stereocenters. The minimum atomic E-state index is -1.45. The van der Waals surface area contributed by atoms with Crippen molar-refractivity contribution in [2.24, 2.45) is 0 Å². The first kappa shape index (κ1) is 25.8. The zero-order chi connectivity index (χ0) is 25.4. The molecule has 2 atom stereocenters. The van der Waals surface area contributed by atoms with Gasteiger partial charge in [-0.2, -0.15) is 5.12 Å². The monoisotopic (exact) mass is 498 g/mol. The number of alkyl halides is 1. The highest BCUT2D eigenvalue weighted by atomic mass is 35.5. The molecule has 0 aliphatic carbocycles. The average Bonchev–Trinajstić information content (AvgIpc) is 3.32. The predicted octanol–water partition coefficient (Wildman–Crippen LogP) is 4.31. The van der Waals surface area contributed by atoms with Crippen molar-refractivity contribution in [1.82, 2.24) is 30.2 Å². The van der Waals surface area contributed by atoms with Crippen LogP contribution in [0, 0.1) is 0 Å². The summed E-state index contributed by atoms with van der Waals surface area (Å²) in [4.78, 5) is 26.2. The predicted molar refractivity (Wildman–Crippen MR) is 121 cm³/mol. The average molecular weight is 499 g/mol. The number of carbonyl (C=O) groups is 2. The maximum absolute atomic E-state index is 15.0. The molecule has 34 heavy (non-hydrogen) atoms. The standard InChI is InChI=1S/C22H29ClF2N6O3/c1-21(2,3)31-18(26-27-28-31)14-7-13(8-15(23)9-14)11-30(25)19(32)17-10-16(24)12-29(17)20(33)34-22(4,5)6/h7-9,16-17H,10-12H2,1-6H3/t16-,17+/m1/s1. The van der Waals surface area contributed by atoms with E-state index in [1.807, 2.05) is 20.8 Å². The Morgan fingerprint density at radius 2 is 1.88 bits per heavy atom. The fourth-order valence-electron chi connectivity index (χ4n) is 3.63. The maximum atomic E-state index is 15.0. The quantitative estimate of drug-likeness (QED) is 0.583. The van der Waals surface area contributed by atoms with E-state index in [1.54, 1.807) is 37.6 Å². The Kier molecular flexibility index (Phi) is 7.16. The molecule has 0 bridgehead atoms. The second kappa shape index (κ2) is 9.44. The summed E-state index contributed by atoms with van der Waals surface area (Å²) in [5, 5.41) is 12.0. The van der Waals surface area contributed by atoms with Crippen molar-refractivity contribution in [2.75, 3.05) is 6.54 Å². The molecule has 1 saturated heterocycles. The van der Waals surface area contributed by atoms with Gasteiger partial charge in [-0.05, 0) is 75.7 Å². The summed E-state index contributed by atoms with van der Waals surface area (Å²) in [6.07, 6.45) is -2.62. The van der Waals surface area contributed by atoms with Gasteiger partial charge >= 0.3 is 6.09 Å². The summed E-state index contributed by atoms with van der Waals surface area (Å²) < 4.78 is 35.9. The van der Waals surface area contributed by atoms with Crippen molar-refractivity contribution >= 4 is 23.6 Å². The van der Waals surface area contributed by atoms with Crippen LogP contribution >= 0.6 is 11.6 Å². The third kappa shape index (κ3) is 5.99. The molecule has 186 valence electrons. The summed E-state index contributed by atoms with van der Waals surface area (Å²) >= 11 is 6.25. The van der Waals surface area contributed by atoms with Crippen molar-refractivity contribution in [3.05, 3.63) is 28.8 Å². The highest BCUT2D eigenvalue weighted by molar-refractivity contribution is 6.30. The van der Waals surface area contributed by atoms with E-state index < -0.39 is 41.9 Å². The van der Waals surface area contributed by atoms with Gasteiger partial charge in [0.15, 0.2) is 5.82 Å². The molecule has 12 heteroatoms. The lowest BCUT2D eigenvalue weighted by molar-refractivity contribution is -0.152. The number of likely N-dealkylation sites (tertiary alicyclic amines) is 1. The van der Waals surface area contributed by atoms with E-state index in [2.05, 4.69) is 15.5 Å². The topological polar surface area (TPSA) is 93.4 Å². The molecule has 1 fully saturated rings. The minimum absolute atomic E-state index is 0.0394. The van der Waals surface area contributed by atoms with Crippen molar-refractivity contribution in [1.29, 1.82) is 0 Å². The lowest BCUT2D eigenvalue weighted by Crippen LogP contribution is -2.47. The molecular formula is C22H29ClF2N6O3. The number of halogens is 3. The third-order valence-corrected chi connectivity index (χ3v) is 5.26. The molecule has 1 aliphatic heterocycles. The van der Waals surface area contributed by atoms with E-state index in [-0.39, 0.29) is 18.1 Å². The van der Waals surface area contributed by atoms with Gasteiger partial charge in [0.1, 0.15) is 17.8 Å². The number of amides is 2. The first-order valence-electron chi connectivity index (χ1n) is 10.9. The van der Waals surface area contributed by atoms with Gasteiger partial charge in [0, 0.05) is 17.0 Å². The molecule has 3 rings (SSSR count). The van der Waals surface area contributed by atoms with E-state index in [4.69, 9.17) is 16.3 Å². The van der Waals surface area contributed by atoms with Crippen LogP contribution < -0.4 is 0 Å². The van der Waals surface area contributed by atoms with Gasteiger partial charge in [0.25, 0.3) is 5.91 Å². The largest absolute Gasteiger partial charge is 0.444 e. The van der Waals surface area contributed by atoms with Crippen LogP contribution in [0.15, 0.2) is 18.2 Å². The van der Waals surface area contributed by atoms with Crippen LogP contribution in [-0.4, -0.2) is 66.6 Å². The van der Waals surface area contributed by atoms with E-state index in [9.17, 15) is 14.0 Å². The minimum Gasteiger partial charge on any atom is -0.444 e. The highest BCUT2D eigenvalue weighted by Gasteiger charge is 2.43. The Balaban J connectivity index is 1.80. The number of benzene rings is 1. The molecule has 1 aliphatic rings. The molecular weight excluding hydrogens is 470 g/mol. The van der Waals surface area contributed by atoms with Gasteiger partial charge in [-0.15, -0.1) is 5.10 Å². The van der Waals surface area contributed by atoms with E-state index in [0.717, 1.165) is 4.90 Å². The van der Waals surface area contributed by atoms with Crippen molar-refractivity contribution in [3.63, 3.8) is 0 Å². The molecule has 0 N–H and O–H groups in total. The van der Waals surface area contributed by atoms with Gasteiger partial charge in [0.2, 0.25) is 0 Å². The fourth-order valence-corrected chi connectivity index (χ4v) is 3.89. The maximum Gasteiger partial charge on any atom is 0.411 e. The van der Waals surface area contributed by atoms with Gasteiger partial charge in [0.05, 0.1) is 18.6 Å². The van der Waals surface area contributed by atoms with Crippen LogP contribution in [0.2, 0.25) is 5.02 Å². The second-order valence-electron chi connectivity index (χ2n) is 10.3. The number of hydrogen-bond donors (Lipinski definition) is 0. The number of carbonyl (C=O) groups excluding carboxylic acids is 2. The van der Waals surface area contributed by atoms with Crippen LogP contribution in [0.1, 0.15) is 53.5 Å². The van der Waals surface area contributed by atoms with Crippen LogP contribution in [0.3, 0.4) is 0 Å². The zero-order valence-corrected chi connectivity index (χ0v) is 20.8. The van der Waals surface area contributed by atoms with E-state index in [0.29, 0.717) is 22.0 Å². The van der Waals surface area contributed by atoms with Crippen LogP contribution in [0.4, 0.5) is 13.7 Å². The second-order valence-corrected chi connectivity index (χ2v) is 10.7. The number of ether oxygens (including phenoxy) is 1. The Labute approximate surface area is 201 Å². The number of rotatable bonds is 4. The summed E-state index contributed by atoms with van der Waals surface area (Å²) in [6, 6.07) is 3.46. The summed E-state index contributed by atoms with van der Waals surface area (Å²) in [7, 11) is 0. The highest BCUT2D eigenvalue weighted by Crippen LogP contribution is 2.29. The van der Waals surface area contributed by atoms with Crippen LogP contribution in [-0.2, 0) is 21.6 Å².